The van der Waals surface area contributed by atoms with Crippen molar-refractivity contribution in [1.82, 2.24) is 5.43 Å². The standard InChI is InChI=1S/C18H18N4O3/c1-12(14-6-4-3-5-7-14)21-22-18(25)17(24)20-16-10-8-15(9-11-16)19-13(2)23/h3-11H,1-2H3,(H,19,23)(H,20,24)(H,22,25)/b21-12+. The van der Waals surface area contributed by atoms with Gasteiger partial charge in [-0.2, -0.15) is 5.10 Å². The Morgan fingerprint density at radius 1 is 0.760 bits per heavy atom. The minimum atomic E-state index is -0.874. The second-order valence-corrected chi connectivity index (χ2v) is 5.22. The molecule has 0 saturated carbocycles. The fraction of sp³-hybridized carbons (Fsp3) is 0.111. The van der Waals surface area contributed by atoms with E-state index in [1.807, 2.05) is 30.3 Å². The molecule has 0 spiro atoms. The normalized spacial score (nSPS) is 10.7. The Morgan fingerprint density at radius 3 is 1.88 bits per heavy atom. The number of nitrogens with zero attached hydrogens (tertiary/aromatic N) is 1. The van der Waals surface area contributed by atoms with Gasteiger partial charge in [0, 0.05) is 18.3 Å². The van der Waals surface area contributed by atoms with Crippen molar-refractivity contribution >= 4 is 34.8 Å². The zero-order valence-corrected chi connectivity index (χ0v) is 13.9. The van der Waals surface area contributed by atoms with Crippen molar-refractivity contribution in [3.8, 4) is 0 Å². The lowest BCUT2D eigenvalue weighted by atomic mass is 10.1. The van der Waals surface area contributed by atoms with Gasteiger partial charge in [0.25, 0.3) is 0 Å². The molecular formula is C18H18N4O3. The predicted molar refractivity (Wildman–Crippen MR) is 96.2 cm³/mol. The summed E-state index contributed by atoms with van der Waals surface area (Å²) >= 11 is 0. The lowest BCUT2D eigenvalue weighted by Gasteiger charge is -2.06. The summed E-state index contributed by atoms with van der Waals surface area (Å²) in [5.74, 6) is -1.90. The highest BCUT2D eigenvalue weighted by atomic mass is 16.2. The molecule has 0 heterocycles. The van der Waals surface area contributed by atoms with Crippen LogP contribution in [0.25, 0.3) is 0 Å². The van der Waals surface area contributed by atoms with Crippen LogP contribution in [0.3, 0.4) is 0 Å². The third-order valence-electron chi connectivity index (χ3n) is 3.19. The maximum atomic E-state index is 11.9. The van der Waals surface area contributed by atoms with E-state index in [0.29, 0.717) is 17.1 Å². The Labute approximate surface area is 145 Å². The van der Waals surface area contributed by atoms with Crippen LogP contribution in [0.15, 0.2) is 59.7 Å². The van der Waals surface area contributed by atoms with Crippen LogP contribution in [0.4, 0.5) is 11.4 Å². The van der Waals surface area contributed by atoms with Gasteiger partial charge in [-0.15, -0.1) is 0 Å². The van der Waals surface area contributed by atoms with Crippen molar-refractivity contribution in [1.29, 1.82) is 0 Å². The van der Waals surface area contributed by atoms with Crippen molar-refractivity contribution in [2.24, 2.45) is 5.10 Å². The van der Waals surface area contributed by atoms with Crippen LogP contribution in [-0.2, 0) is 14.4 Å². The first kappa shape index (κ1) is 17.9. The van der Waals surface area contributed by atoms with E-state index in [1.165, 1.54) is 6.92 Å². The smallest absolute Gasteiger partial charge is 0.326 e. The molecule has 3 N–H and O–H groups in total. The van der Waals surface area contributed by atoms with Gasteiger partial charge in [-0.3, -0.25) is 14.4 Å². The van der Waals surface area contributed by atoms with Crippen molar-refractivity contribution < 1.29 is 14.4 Å². The Balaban J connectivity index is 1.92. The van der Waals surface area contributed by atoms with Gasteiger partial charge in [0.05, 0.1) is 5.71 Å². The van der Waals surface area contributed by atoms with Crippen LogP contribution in [-0.4, -0.2) is 23.4 Å². The van der Waals surface area contributed by atoms with E-state index in [4.69, 9.17) is 0 Å². The highest BCUT2D eigenvalue weighted by Gasteiger charge is 2.13. The number of carbonyl (C=O) groups is 3. The molecule has 0 unspecified atom stereocenters. The third-order valence-corrected chi connectivity index (χ3v) is 3.19. The molecule has 2 rings (SSSR count). The van der Waals surface area contributed by atoms with E-state index in [2.05, 4.69) is 21.2 Å². The first-order valence-corrected chi connectivity index (χ1v) is 7.54. The number of hydrazone groups is 1. The van der Waals surface area contributed by atoms with Crippen molar-refractivity contribution in [2.45, 2.75) is 13.8 Å². The lowest BCUT2D eigenvalue weighted by Crippen LogP contribution is -2.32. The molecule has 7 nitrogen and oxygen atoms in total. The molecule has 0 radical (unpaired) electrons. The Hall–Kier alpha value is -3.48. The van der Waals surface area contributed by atoms with E-state index in [1.54, 1.807) is 31.2 Å². The molecular weight excluding hydrogens is 320 g/mol. The zero-order valence-electron chi connectivity index (χ0n) is 13.9. The molecule has 2 aromatic rings. The third kappa shape index (κ3) is 5.58. The number of nitrogens with one attached hydrogen (secondary N) is 3. The molecule has 25 heavy (non-hydrogen) atoms. The second-order valence-electron chi connectivity index (χ2n) is 5.22. The van der Waals surface area contributed by atoms with Gasteiger partial charge in [-0.1, -0.05) is 30.3 Å². The number of anilines is 2. The van der Waals surface area contributed by atoms with Gasteiger partial charge in [0.2, 0.25) is 5.91 Å². The van der Waals surface area contributed by atoms with E-state index >= 15 is 0 Å². The number of hydrogen-bond donors (Lipinski definition) is 3. The SMILES string of the molecule is CC(=O)Nc1ccc(NC(=O)C(=O)N/N=C(\C)c2ccccc2)cc1. The van der Waals surface area contributed by atoms with Gasteiger partial charge < -0.3 is 10.6 Å². The Morgan fingerprint density at radius 2 is 1.32 bits per heavy atom. The predicted octanol–water partition coefficient (Wildman–Crippen LogP) is 2.12. The van der Waals surface area contributed by atoms with Gasteiger partial charge in [-0.25, -0.2) is 5.43 Å². The first-order chi connectivity index (χ1) is 12.0. The number of rotatable bonds is 4. The molecule has 2 aromatic carbocycles. The molecule has 0 aliphatic rings. The van der Waals surface area contributed by atoms with Crippen LogP contribution >= 0.6 is 0 Å². The summed E-state index contributed by atoms with van der Waals surface area (Å²) < 4.78 is 0. The average molecular weight is 338 g/mol. The second kappa shape index (κ2) is 8.39. The number of carbonyl (C=O) groups excluding carboxylic acids is 3. The molecule has 0 bridgehead atoms. The van der Waals surface area contributed by atoms with Gasteiger partial charge >= 0.3 is 11.8 Å². The quantitative estimate of drug-likeness (QED) is 0.452. The maximum Gasteiger partial charge on any atom is 0.329 e. The Bertz CT molecular complexity index is 799. The average Bonchev–Trinajstić information content (AvgIpc) is 2.61. The first-order valence-electron chi connectivity index (χ1n) is 7.54. The van der Waals surface area contributed by atoms with Crippen LogP contribution in [0.2, 0.25) is 0 Å². The summed E-state index contributed by atoms with van der Waals surface area (Å²) in [6, 6.07) is 15.7. The number of amides is 3. The summed E-state index contributed by atoms with van der Waals surface area (Å²) in [6.45, 7) is 3.13. The highest BCUT2D eigenvalue weighted by molar-refractivity contribution is 6.39. The van der Waals surface area contributed by atoms with E-state index in [-0.39, 0.29) is 5.91 Å². The molecule has 0 aliphatic carbocycles. The molecule has 128 valence electrons. The van der Waals surface area contributed by atoms with E-state index in [0.717, 1.165) is 5.56 Å². The zero-order chi connectivity index (χ0) is 18.2. The van der Waals surface area contributed by atoms with Crippen molar-refractivity contribution in [3.63, 3.8) is 0 Å². The van der Waals surface area contributed by atoms with E-state index in [9.17, 15) is 14.4 Å². The minimum absolute atomic E-state index is 0.192. The lowest BCUT2D eigenvalue weighted by molar-refractivity contribution is -0.136. The van der Waals surface area contributed by atoms with Crippen molar-refractivity contribution in [2.75, 3.05) is 10.6 Å². The molecule has 3 amide bonds. The van der Waals surface area contributed by atoms with E-state index < -0.39 is 11.8 Å². The summed E-state index contributed by atoms with van der Waals surface area (Å²) in [5, 5.41) is 8.97. The molecule has 0 atom stereocenters. The van der Waals surface area contributed by atoms with Crippen LogP contribution in [0.1, 0.15) is 19.4 Å². The summed E-state index contributed by atoms with van der Waals surface area (Å²) in [5.41, 5.74) is 4.67. The summed E-state index contributed by atoms with van der Waals surface area (Å²) in [6.07, 6.45) is 0. The molecule has 0 aromatic heterocycles. The van der Waals surface area contributed by atoms with Crippen LogP contribution < -0.4 is 16.1 Å². The molecule has 7 heteroatoms. The highest BCUT2D eigenvalue weighted by Crippen LogP contribution is 2.13. The van der Waals surface area contributed by atoms with Gasteiger partial charge in [-0.05, 0) is 36.8 Å². The fourth-order valence-electron chi connectivity index (χ4n) is 1.96. The van der Waals surface area contributed by atoms with Crippen LogP contribution in [0.5, 0.6) is 0 Å². The fourth-order valence-corrected chi connectivity index (χ4v) is 1.96. The van der Waals surface area contributed by atoms with Gasteiger partial charge in [0.1, 0.15) is 0 Å². The number of benzene rings is 2. The monoisotopic (exact) mass is 338 g/mol. The summed E-state index contributed by atoms with van der Waals surface area (Å²) in [7, 11) is 0. The number of hydrogen-bond acceptors (Lipinski definition) is 4. The summed E-state index contributed by atoms with van der Waals surface area (Å²) in [4.78, 5) is 34.6. The molecule has 0 saturated heterocycles. The Kier molecular flexibility index (Phi) is 6.00. The van der Waals surface area contributed by atoms with Gasteiger partial charge in [0.15, 0.2) is 0 Å². The molecule has 0 fully saturated rings. The topological polar surface area (TPSA) is 99.7 Å². The largest absolute Gasteiger partial charge is 0.329 e. The maximum absolute atomic E-state index is 11.9. The minimum Gasteiger partial charge on any atom is -0.326 e. The van der Waals surface area contributed by atoms with Crippen LogP contribution in [0, 0.1) is 0 Å². The van der Waals surface area contributed by atoms with Crippen molar-refractivity contribution in [3.05, 3.63) is 60.2 Å². The molecule has 0 aliphatic heterocycles.